The van der Waals surface area contributed by atoms with Crippen LogP contribution in [0.1, 0.15) is 30.1 Å². The zero-order chi connectivity index (χ0) is 14.7. The van der Waals surface area contributed by atoms with Crippen LogP contribution in [0.4, 0.5) is 5.82 Å². The lowest BCUT2D eigenvalue weighted by Crippen LogP contribution is -2.39. The Balaban J connectivity index is 2.03. The molecule has 1 aliphatic rings. The highest BCUT2D eigenvalue weighted by atomic mass is 35.5. The largest absolute Gasteiger partial charge is 0.393 e. The fourth-order valence-corrected chi connectivity index (χ4v) is 2.64. The van der Waals surface area contributed by atoms with Gasteiger partial charge in [-0.1, -0.05) is 11.6 Å². The first kappa shape index (κ1) is 15.1. The van der Waals surface area contributed by atoms with E-state index in [-0.39, 0.29) is 12.0 Å². The van der Waals surface area contributed by atoms with Crippen LogP contribution in [0.3, 0.4) is 0 Å². The Morgan fingerprint density at radius 2 is 2.25 bits per heavy atom. The predicted molar refractivity (Wildman–Crippen MR) is 79.1 cm³/mol. The average molecular weight is 298 g/mol. The van der Waals surface area contributed by atoms with E-state index in [1.54, 1.807) is 24.1 Å². The molecule has 1 amide bonds. The standard InChI is InChI=1S/C14H20ClN3O2/c1-3-16-13-7-10(6-12(15)17-13)14(20)18(2)8-9-4-11(19)5-9/h6-7,9,11,19H,3-5,8H2,1-2H3,(H,16,17). The van der Waals surface area contributed by atoms with E-state index in [0.717, 1.165) is 19.4 Å². The van der Waals surface area contributed by atoms with E-state index in [4.69, 9.17) is 11.6 Å². The molecule has 20 heavy (non-hydrogen) atoms. The molecule has 0 spiro atoms. The van der Waals surface area contributed by atoms with Gasteiger partial charge in [-0.15, -0.1) is 0 Å². The van der Waals surface area contributed by atoms with E-state index in [1.165, 1.54) is 0 Å². The van der Waals surface area contributed by atoms with Crippen LogP contribution in [-0.4, -0.2) is 47.1 Å². The van der Waals surface area contributed by atoms with E-state index in [2.05, 4.69) is 10.3 Å². The van der Waals surface area contributed by atoms with E-state index >= 15 is 0 Å². The van der Waals surface area contributed by atoms with E-state index in [0.29, 0.717) is 29.0 Å². The molecule has 5 nitrogen and oxygen atoms in total. The summed E-state index contributed by atoms with van der Waals surface area (Å²) in [6, 6.07) is 3.29. The maximum atomic E-state index is 12.4. The van der Waals surface area contributed by atoms with Crippen LogP contribution in [0, 0.1) is 5.92 Å². The fraction of sp³-hybridized carbons (Fsp3) is 0.571. The first-order chi connectivity index (χ1) is 9.49. The van der Waals surface area contributed by atoms with Gasteiger partial charge in [-0.25, -0.2) is 4.98 Å². The molecular weight excluding hydrogens is 278 g/mol. The number of pyridine rings is 1. The minimum Gasteiger partial charge on any atom is -0.393 e. The SMILES string of the molecule is CCNc1cc(C(=O)N(C)CC2CC(O)C2)cc(Cl)n1. The molecule has 1 heterocycles. The van der Waals surface area contributed by atoms with Crippen LogP contribution in [0.25, 0.3) is 0 Å². The summed E-state index contributed by atoms with van der Waals surface area (Å²) in [7, 11) is 1.77. The number of rotatable bonds is 5. The maximum Gasteiger partial charge on any atom is 0.253 e. The highest BCUT2D eigenvalue weighted by Gasteiger charge is 2.29. The monoisotopic (exact) mass is 297 g/mol. The van der Waals surface area contributed by atoms with Crippen molar-refractivity contribution in [2.24, 2.45) is 5.92 Å². The lowest BCUT2D eigenvalue weighted by atomic mass is 9.82. The van der Waals surface area contributed by atoms with E-state index in [9.17, 15) is 9.90 Å². The van der Waals surface area contributed by atoms with Crippen molar-refractivity contribution in [1.29, 1.82) is 0 Å². The van der Waals surface area contributed by atoms with Crippen molar-refractivity contribution in [2.75, 3.05) is 25.5 Å². The number of hydrogen-bond donors (Lipinski definition) is 2. The number of hydrogen-bond acceptors (Lipinski definition) is 4. The van der Waals surface area contributed by atoms with Gasteiger partial charge in [-0.3, -0.25) is 4.79 Å². The van der Waals surface area contributed by atoms with Gasteiger partial charge < -0.3 is 15.3 Å². The number of anilines is 1. The summed E-state index contributed by atoms with van der Waals surface area (Å²) in [6.07, 6.45) is 1.36. The summed E-state index contributed by atoms with van der Waals surface area (Å²) in [5, 5.41) is 12.6. The molecule has 0 aromatic carbocycles. The van der Waals surface area contributed by atoms with Gasteiger partial charge in [0.15, 0.2) is 0 Å². The van der Waals surface area contributed by atoms with Crippen LogP contribution in [0.2, 0.25) is 5.15 Å². The summed E-state index contributed by atoms with van der Waals surface area (Å²) >= 11 is 5.94. The van der Waals surface area contributed by atoms with Crippen molar-refractivity contribution in [3.63, 3.8) is 0 Å². The molecule has 1 aliphatic carbocycles. The molecule has 1 saturated carbocycles. The summed E-state index contributed by atoms with van der Waals surface area (Å²) in [4.78, 5) is 18.2. The average Bonchev–Trinajstić information content (AvgIpc) is 2.35. The van der Waals surface area contributed by atoms with Crippen molar-refractivity contribution in [2.45, 2.75) is 25.9 Å². The van der Waals surface area contributed by atoms with E-state index in [1.807, 2.05) is 6.92 Å². The molecule has 0 saturated heterocycles. The number of carbonyl (C=O) groups is 1. The van der Waals surface area contributed by atoms with Gasteiger partial charge in [-0.05, 0) is 37.8 Å². The van der Waals surface area contributed by atoms with Crippen LogP contribution >= 0.6 is 11.6 Å². The van der Waals surface area contributed by atoms with Crippen LogP contribution < -0.4 is 5.32 Å². The van der Waals surface area contributed by atoms with Gasteiger partial charge in [0.1, 0.15) is 11.0 Å². The van der Waals surface area contributed by atoms with Gasteiger partial charge >= 0.3 is 0 Å². The van der Waals surface area contributed by atoms with Crippen LogP contribution in [-0.2, 0) is 0 Å². The summed E-state index contributed by atoms with van der Waals surface area (Å²) < 4.78 is 0. The first-order valence-corrected chi connectivity index (χ1v) is 7.22. The maximum absolute atomic E-state index is 12.4. The quantitative estimate of drug-likeness (QED) is 0.816. The number of nitrogens with zero attached hydrogens (tertiary/aromatic N) is 2. The number of halogens is 1. The number of aliphatic hydroxyl groups is 1. The van der Waals surface area contributed by atoms with Crippen molar-refractivity contribution < 1.29 is 9.90 Å². The molecule has 0 atom stereocenters. The van der Waals surface area contributed by atoms with E-state index < -0.39 is 0 Å². The topological polar surface area (TPSA) is 65.5 Å². The Morgan fingerprint density at radius 1 is 1.55 bits per heavy atom. The van der Waals surface area contributed by atoms with Gasteiger partial charge in [0, 0.05) is 25.7 Å². The van der Waals surface area contributed by atoms with Gasteiger partial charge in [0.25, 0.3) is 5.91 Å². The Morgan fingerprint density at radius 3 is 2.85 bits per heavy atom. The number of aliphatic hydroxyl groups excluding tert-OH is 1. The van der Waals surface area contributed by atoms with Gasteiger partial charge in [0.05, 0.1) is 6.10 Å². The zero-order valence-corrected chi connectivity index (χ0v) is 12.5. The van der Waals surface area contributed by atoms with Crippen molar-refractivity contribution in [3.8, 4) is 0 Å². The predicted octanol–water partition coefficient (Wildman–Crippen LogP) is 2.01. The highest BCUT2D eigenvalue weighted by Crippen LogP contribution is 2.28. The van der Waals surface area contributed by atoms with Gasteiger partial charge in [-0.2, -0.15) is 0 Å². The lowest BCUT2D eigenvalue weighted by molar-refractivity contribution is 0.0265. The molecule has 0 bridgehead atoms. The number of amides is 1. The third-order valence-corrected chi connectivity index (χ3v) is 3.68. The molecule has 2 N–H and O–H groups in total. The molecule has 2 rings (SSSR count). The molecule has 110 valence electrons. The second-order valence-corrected chi connectivity index (χ2v) is 5.66. The highest BCUT2D eigenvalue weighted by molar-refractivity contribution is 6.29. The van der Waals surface area contributed by atoms with Crippen molar-refractivity contribution >= 4 is 23.3 Å². The summed E-state index contributed by atoms with van der Waals surface area (Å²) in [6.45, 7) is 3.33. The van der Waals surface area contributed by atoms with Crippen LogP contribution in [0.5, 0.6) is 0 Å². The Labute approximate surface area is 123 Å². The fourth-order valence-electron chi connectivity index (χ4n) is 2.43. The van der Waals surface area contributed by atoms with Crippen molar-refractivity contribution in [1.82, 2.24) is 9.88 Å². The molecule has 6 heteroatoms. The molecule has 0 unspecified atom stereocenters. The minimum atomic E-state index is -0.195. The lowest BCUT2D eigenvalue weighted by Gasteiger charge is -2.34. The molecule has 1 fully saturated rings. The van der Waals surface area contributed by atoms with Crippen LogP contribution in [0.15, 0.2) is 12.1 Å². The molecule has 0 aliphatic heterocycles. The summed E-state index contributed by atoms with van der Waals surface area (Å²) in [5.74, 6) is 0.926. The second-order valence-electron chi connectivity index (χ2n) is 5.27. The molecule has 0 radical (unpaired) electrons. The third kappa shape index (κ3) is 3.61. The third-order valence-electron chi connectivity index (χ3n) is 3.49. The van der Waals surface area contributed by atoms with Gasteiger partial charge in [0.2, 0.25) is 0 Å². The molecule has 1 aromatic rings. The number of carbonyl (C=O) groups excluding carboxylic acids is 1. The number of aromatic nitrogens is 1. The second kappa shape index (κ2) is 6.41. The zero-order valence-electron chi connectivity index (χ0n) is 11.8. The Hall–Kier alpha value is -1.33. The number of nitrogens with one attached hydrogen (secondary N) is 1. The molecular formula is C14H20ClN3O2. The Kier molecular flexibility index (Phi) is 4.83. The normalized spacial score (nSPS) is 21.2. The smallest absolute Gasteiger partial charge is 0.253 e. The summed E-state index contributed by atoms with van der Waals surface area (Å²) in [5.41, 5.74) is 0.531. The minimum absolute atomic E-state index is 0.0742. The molecule has 1 aromatic heterocycles. The Bertz CT molecular complexity index is 489. The van der Waals surface area contributed by atoms with Crippen molar-refractivity contribution in [3.05, 3.63) is 22.8 Å². The first-order valence-electron chi connectivity index (χ1n) is 6.84.